The molecule has 0 saturated carbocycles. The molecule has 0 amide bonds. The van der Waals surface area contributed by atoms with Crippen LogP contribution < -0.4 is 5.32 Å². The van der Waals surface area contributed by atoms with Crippen molar-refractivity contribution < 1.29 is 9.84 Å². The van der Waals surface area contributed by atoms with Gasteiger partial charge in [0.1, 0.15) is 0 Å². The van der Waals surface area contributed by atoms with Crippen LogP contribution in [0.4, 0.5) is 0 Å². The van der Waals surface area contributed by atoms with Crippen LogP contribution in [-0.2, 0) is 11.3 Å². The number of methoxy groups -OCH3 is 1. The van der Waals surface area contributed by atoms with Crippen LogP contribution >= 0.6 is 0 Å². The summed E-state index contributed by atoms with van der Waals surface area (Å²) in [7, 11) is 1.63. The minimum absolute atomic E-state index is 0.0273. The lowest BCUT2D eigenvalue weighted by Crippen LogP contribution is -2.36. The average Bonchev–Trinajstić information content (AvgIpc) is 2.72. The summed E-state index contributed by atoms with van der Waals surface area (Å²) in [4.78, 5) is 4.12. The van der Waals surface area contributed by atoms with E-state index in [4.69, 9.17) is 9.84 Å². The van der Waals surface area contributed by atoms with Gasteiger partial charge in [-0.1, -0.05) is 0 Å². The van der Waals surface area contributed by atoms with Gasteiger partial charge in [0, 0.05) is 25.9 Å². The Labute approximate surface area is 96.4 Å². The number of aromatic nitrogens is 2. The molecule has 0 aromatic carbocycles. The van der Waals surface area contributed by atoms with Crippen LogP contribution in [0.2, 0.25) is 0 Å². The Balaban J connectivity index is 2.49. The molecule has 16 heavy (non-hydrogen) atoms. The second kappa shape index (κ2) is 6.62. The maximum Gasteiger partial charge on any atom is 0.0951 e. The third kappa shape index (κ3) is 3.59. The summed E-state index contributed by atoms with van der Waals surface area (Å²) in [5, 5.41) is 12.3. The third-order valence-electron chi connectivity index (χ3n) is 2.46. The smallest absolute Gasteiger partial charge is 0.0951 e. The van der Waals surface area contributed by atoms with Gasteiger partial charge in [0.2, 0.25) is 0 Å². The van der Waals surface area contributed by atoms with Crippen LogP contribution in [0.3, 0.4) is 0 Å². The van der Waals surface area contributed by atoms with Gasteiger partial charge in [-0.15, -0.1) is 0 Å². The molecule has 1 rings (SSSR count). The molecule has 0 bridgehead atoms. The highest BCUT2D eigenvalue weighted by Gasteiger charge is 2.09. The lowest BCUT2D eigenvalue weighted by atomic mass is 10.3. The molecule has 0 aliphatic heterocycles. The van der Waals surface area contributed by atoms with Gasteiger partial charge in [-0.3, -0.25) is 0 Å². The molecular formula is C11H21N3O2. The molecule has 5 nitrogen and oxygen atoms in total. The predicted molar refractivity (Wildman–Crippen MR) is 62.2 cm³/mol. The molecule has 1 aromatic heterocycles. The van der Waals surface area contributed by atoms with Crippen molar-refractivity contribution in [3.8, 4) is 0 Å². The molecule has 5 heteroatoms. The largest absolute Gasteiger partial charge is 0.395 e. The highest BCUT2D eigenvalue weighted by Crippen LogP contribution is 2.08. The van der Waals surface area contributed by atoms with Crippen LogP contribution in [0.1, 0.15) is 25.6 Å². The Hall–Kier alpha value is -0.910. The number of ether oxygens (including phenoxy) is 1. The molecule has 0 fully saturated rings. The molecule has 1 atom stereocenters. The number of nitrogens with one attached hydrogen (secondary N) is 1. The highest BCUT2D eigenvalue weighted by molar-refractivity contribution is 4.99. The number of aliphatic hydroxyl groups excluding tert-OH is 1. The molecule has 1 aromatic rings. The van der Waals surface area contributed by atoms with Gasteiger partial charge in [0.15, 0.2) is 0 Å². The minimum Gasteiger partial charge on any atom is -0.395 e. The second-order valence-electron chi connectivity index (χ2n) is 4.10. The Kier molecular flexibility index (Phi) is 5.45. The van der Waals surface area contributed by atoms with Crippen molar-refractivity contribution in [1.29, 1.82) is 0 Å². The van der Waals surface area contributed by atoms with Gasteiger partial charge in [0.05, 0.1) is 31.3 Å². The Bertz CT molecular complexity index is 299. The van der Waals surface area contributed by atoms with E-state index >= 15 is 0 Å². The summed E-state index contributed by atoms with van der Waals surface area (Å²) in [6.45, 7) is 5.50. The van der Waals surface area contributed by atoms with Crippen molar-refractivity contribution in [3.05, 3.63) is 18.2 Å². The van der Waals surface area contributed by atoms with E-state index in [1.54, 1.807) is 7.11 Å². The first-order chi connectivity index (χ1) is 7.69. The molecular weight excluding hydrogens is 206 g/mol. The fourth-order valence-electron chi connectivity index (χ4n) is 1.56. The van der Waals surface area contributed by atoms with Gasteiger partial charge in [0.25, 0.3) is 0 Å². The molecule has 0 aliphatic rings. The number of hydrogen-bond donors (Lipinski definition) is 2. The van der Waals surface area contributed by atoms with Crippen molar-refractivity contribution >= 4 is 0 Å². The van der Waals surface area contributed by atoms with Crippen molar-refractivity contribution in [2.45, 2.75) is 32.5 Å². The fraction of sp³-hybridized carbons (Fsp3) is 0.727. The maximum absolute atomic E-state index is 9.10. The Morgan fingerprint density at radius 1 is 1.56 bits per heavy atom. The van der Waals surface area contributed by atoms with Gasteiger partial charge in [-0.2, -0.15) is 0 Å². The zero-order valence-electron chi connectivity index (χ0n) is 10.2. The monoisotopic (exact) mass is 227 g/mol. The van der Waals surface area contributed by atoms with Crippen molar-refractivity contribution in [2.24, 2.45) is 0 Å². The number of nitrogens with zero attached hydrogens (tertiary/aromatic N) is 2. The first-order valence-corrected chi connectivity index (χ1v) is 5.53. The minimum atomic E-state index is -0.0273. The normalized spacial score (nSPS) is 13.3. The van der Waals surface area contributed by atoms with Gasteiger partial charge in [-0.05, 0) is 13.8 Å². The van der Waals surface area contributed by atoms with E-state index in [1.165, 1.54) is 0 Å². The van der Waals surface area contributed by atoms with E-state index in [-0.39, 0.29) is 12.6 Å². The standard InChI is InChI=1S/C11H21N3O2/c1-9(2)14-8-12-4-11(14)5-13-10(6-15)7-16-3/h4,8-10,13,15H,5-7H2,1-3H3. The number of imidazole rings is 1. The van der Waals surface area contributed by atoms with E-state index in [0.29, 0.717) is 19.2 Å². The van der Waals surface area contributed by atoms with Crippen molar-refractivity contribution in [1.82, 2.24) is 14.9 Å². The summed E-state index contributed by atoms with van der Waals surface area (Å²) in [6.07, 6.45) is 3.67. The zero-order chi connectivity index (χ0) is 12.0. The van der Waals surface area contributed by atoms with Crippen LogP contribution in [-0.4, -0.2) is 41.0 Å². The van der Waals surface area contributed by atoms with Crippen LogP contribution in [0.5, 0.6) is 0 Å². The second-order valence-corrected chi connectivity index (χ2v) is 4.10. The average molecular weight is 227 g/mol. The number of hydrogen-bond acceptors (Lipinski definition) is 4. The molecule has 1 heterocycles. The first-order valence-electron chi connectivity index (χ1n) is 5.53. The van der Waals surface area contributed by atoms with E-state index < -0.39 is 0 Å². The SMILES string of the molecule is COCC(CO)NCc1cncn1C(C)C. The molecule has 0 radical (unpaired) electrons. The quantitative estimate of drug-likeness (QED) is 0.714. The summed E-state index contributed by atoms with van der Waals surface area (Å²) in [6, 6.07) is 0.370. The van der Waals surface area contributed by atoms with Gasteiger partial charge in [-0.25, -0.2) is 4.98 Å². The topological polar surface area (TPSA) is 59.3 Å². The summed E-state index contributed by atoms with van der Waals surface area (Å²) < 4.78 is 7.10. The zero-order valence-corrected chi connectivity index (χ0v) is 10.2. The molecule has 0 saturated heterocycles. The molecule has 0 spiro atoms. The molecule has 1 unspecified atom stereocenters. The Morgan fingerprint density at radius 2 is 2.31 bits per heavy atom. The predicted octanol–water partition coefficient (Wildman–Crippen LogP) is 0.561. The van der Waals surface area contributed by atoms with E-state index in [1.807, 2.05) is 12.5 Å². The molecule has 92 valence electrons. The van der Waals surface area contributed by atoms with E-state index in [0.717, 1.165) is 5.69 Å². The summed E-state index contributed by atoms with van der Waals surface area (Å²) in [5.74, 6) is 0. The van der Waals surface area contributed by atoms with Gasteiger partial charge >= 0.3 is 0 Å². The maximum atomic E-state index is 9.10. The van der Waals surface area contributed by atoms with Gasteiger partial charge < -0.3 is 19.7 Å². The van der Waals surface area contributed by atoms with Crippen LogP contribution in [0.15, 0.2) is 12.5 Å². The summed E-state index contributed by atoms with van der Waals surface area (Å²) >= 11 is 0. The lowest BCUT2D eigenvalue weighted by molar-refractivity contribution is 0.127. The Morgan fingerprint density at radius 3 is 2.88 bits per heavy atom. The van der Waals surface area contributed by atoms with Crippen LogP contribution in [0.25, 0.3) is 0 Å². The van der Waals surface area contributed by atoms with Crippen molar-refractivity contribution in [3.63, 3.8) is 0 Å². The van der Waals surface area contributed by atoms with E-state index in [9.17, 15) is 0 Å². The molecule has 2 N–H and O–H groups in total. The van der Waals surface area contributed by atoms with Crippen LogP contribution in [0, 0.1) is 0 Å². The van der Waals surface area contributed by atoms with Crippen molar-refractivity contribution in [2.75, 3.05) is 20.3 Å². The first kappa shape index (κ1) is 13.2. The third-order valence-corrected chi connectivity index (χ3v) is 2.46. The lowest BCUT2D eigenvalue weighted by Gasteiger charge is -2.17. The number of aliphatic hydroxyl groups is 1. The highest BCUT2D eigenvalue weighted by atomic mass is 16.5. The summed E-state index contributed by atoms with van der Waals surface area (Å²) in [5.41, 5.74) is 1.12. The molecule has 0 aliphatic carbocycles. The number of rotatable bonds is 7. The fourth-order valence-corrected chi connectivity index (χ4v) is 1.56. The van der Waals surface area contributed by atoms with E-state index in [2.05, 4.69) is 28.7 Å².